The van der Waals surface area contributed by atoms with Crippen molar-refractivity contribution in [3.05, 3.63) is 66.0 Å². The average Bonchev–Trinajstić information content (AvgIpc) is 3.48. The number of hydrogen-bond acceptors (Lipinski definition) is 14. The third kappa shape index (κ3) is 9.48. The summed E-state index contributed by atoms with van der Waals surface area (Å²) in [6, 6.07) is 2.22. The number of Topliss-reactive ketones (excluding diaryl/α,β-unsaturated/α-hetero) is 2. The summed E-state index contributed by atoms with van der Waals surface area (Å²) >= 11 is 0. The largest absolute Gasteiger partial charge is 0.504 e. The normalized spacial score (nSPS) is 20.4. The van der Waals surface area contributed by atoms with Gasteiger partial charge in [-0.25, -0.2) is 0 Å². The van der Waals surface area contributed by atoms with Gasteiger partial charge in [0.2, 0.25) is 5.91 Å². The number of aliphatic hydroxyl groups excluding tert-OH is 3. The molecule has 2 fully saturated rings. The lowest BCUT2D eigenvalue weighted by Crippen LogP contribution is -2.44. The maximum atomic E-state index is 15.3. The molecule has 8 rings (SSSR count). The zero-order valence-electron chi connectivity index (χ0n) is 40.9. The highest BCUT2D eigenvalue weighted by atomic mass is 16.5. The van der Waals surface area contributed by atoms with Crippen molar-refractivity contribution in [3.63, 3.8) is 0 Å². The van der Waals surface area contributed by atoms with E-state index in [0.717, 1.165) is 37.7 Å². The molecule has 0 aliphatic heterocycles. The van der Waals surface area contributed by atoms with E-state index in [1.807, 2.05) is 13.0 Å². The minimum Gasteiger partial charge on any atom is -0.504 e. The number of aliphatic hydroxyl groups is 3. The lowest BCUT2D eigenvalue weighted by atomic mass is 9.71. The lowest BCUT2D eigenvalue weighted by molar-refractivity contribution is -0.127. The van der Waals surface area contributed by atoms with Crippen molar-refractivity contribution in [2.24, 2.45) is 17.8 Å². The molecule has 3 aliphatic rings. The van der Waals surface area contributed by atoms with Crippen LogP contribution in [0, 0.1) is 17.8 Å². The van der Waals surface area contributed by atoms with Gasteiger partial charge in [-0.3, -0.25) is 24.0 Å². The van der Waals surface area contributed by atoms with Gasteiger partial charge < -0.3 is 50.0 Å². The smallest absolute Gasteiger partial charge is 0.225 e. The van der Waals surface area contributed by atoms with E-state index in [1.165, 1.54) is 26.2 Å². The number of rotatable bonds is 23. The number of nitrogens with one attached hydrogen (secondary N) is 2. The number of allylic oxidation sites excluding steroid dienone is 1. The van der Waals surface area contributed by atoms with Crippen LogP contribution in [0.3, 0.4) is 0 Å². The van der Waals surface area contributed by atoms with Crippen LogP contribution in [0.2, 0.25) is 0 Å². The number of hydrogen-bond donors (Lipinski definition) is 6. The second kappa shape index (κ2) is 22.4. The Bertz CT molecular complexity index is 2910. The molecule has 5 atom stereocenters. The number of fused-ring (bicyclic) bond motifs is 1. The van der Waals surface area contributed by atoms with Gasteiger partial charge in [-0.15, -0.1) is 0 Å². The van der Waals surface area contributed by atoms with E-state index in [9.17, 15) is 39.6 Å². The van der Waals surface area contributed by atoms with Crippen molar-refractivity contribution in [2.75, 3.05) is 65.7 Å². The Kier molecular flexibility index (Phi) is 16.4. The van der Waals surface area contributed by atoms with Gasteiger partial charge in [0.15, 0.2) is 22.4 Å². The van der Waals surface area contributed by atoms with Gasteiger partial charge in [0, 0.05) is 68.2 Å². The molecule has 0 spiro atoms. The maximum absolute atomic E-state index is 15.3. The van der Waals surface area contributed by atoms with Gasteiger partial charge in [-0.1, -0.05) is 37.3 Å². The van der Waals surface area contributed by atoms with Gasteiger partial charge in [-0.05, 0) is 121 Å². The molecule has 2 saturated carbocycles. The fraction of sp³-hybridized carbons (Fsp3) is 0.545. The molecule has 0 heterocycles. The van der Waals surface area contributed by atoms with Crippen LogP contribution in [0.15, 0.2) is 27.3 Å². The Labute approximate surface area is 407 Å². The molecule has 5 unspecified atom stereocenters. The van der Waals surface area contributed by atoms with Gasteiger partial charge in [0.1, 0.15) is 11.6 Å². The number of carbonyl (C=O) groups excluding carboxylic acids is 3. The van der Waals surface area contributed by atoms with Crippen molar-refractivity contribution in [1.29, 1.82) is 0 Å². The highest BCUT2D eigenvalue weighted by Gasteiger charge is 2.40. The number of benzene rings is 5. The van der Waals surface area contributed by atoms with Crippen molar-refractivity contribution in [3.8, 4) is 11.5 Å². The molecule has 0 radical (unpaired) electrons. The number of phenolic OH excluding ortho intramolecular Hbond substituents is 1. The first-order valence-electron chi connectivity index (χ1n) is 25.1. The Morgan fingerprint density at radius 1 is 0.729 bits per heavy atom. The molecule has 376 valence electrons. The lowest BCUT2D eigenvalue weighted by Gasteiger charge is -2.36. The first-order chi connectivity index (χ1) is 33.9. The molecule has 70 heavy (non-hydrogen) atoms. The van der Waals surface area contributed by atoms with Gasteiger partial charge in [-0.2, -0.15) is 0 Å². The third-order valence-electron chi connectivity index (χ3n) is 15.3. The number of methoxy groups -OCH3 is 2. The number of amides is 1. The molecule has 5 aromatic carbocycles. The average molecular weight is 965 g/mol. The van der Waals surface area contributed by atoms with Gasteiger partial charge >= 0.3 is 0 Å². The standard InChI is InChI=1S/C55H68N2O13/c1-29-23-36-37(24-31-11-5-6-12-34(31)39(62)15-9-18-70-22-21-67-3)52(57-38-14-8-7-13-35(38)55(66)56-16-20-69-19-10-17-58)46-40(63)25-32(27-59)43-44-33(28-60)26-41(64)47-49(44)50(45(36)48(43)46)51(42(29)30(2)61)54(68-4)53(47)65/h23,25-26,31,34-35,38,42,57-60,65H,5-22,24,27-28H2,1-4H3,(H,56,66). The van der Waals surface area contributed by atoms with E-state index < -0.39 is 47.7 Å². The Morgan fingerprint density at radius 2 is 1.37 bits per heavy atom. The number of carbonyl (C=O) groups is 3. The number of phenols is 1. The molecular weight excluding hydrogens is 897 g/mol. The zero-order valence-corrected chi connectivity index (χ0v) is 40.9. The number of ether oxygens (including phenoxy) is 4. The van der Waals surface area contributed by atoms with E-state index in [0.29, 0.717) is 121 Å². The summed E-state index contributed by atoms with van der Waals surface area (Å²) in [6.07, 6.45) is 9.76. The molecule has 1 amide bonds. The summed E-state index contributed by atoms with van der Waals surface area (Å²) in [5.41, 5.74) is 2.33. The van der Waals surface area contributed by atoms with Crippen LogP contribution in [-0.2, 0) is 48.2 Å². The Morgan fingerprint density at radius 3 is 2.04 bits per heavy atom. The van der Waals surface area contributed by atoms with Crippen molar-refractivity contribution >= 4 is 72.3 Å². The van der Waals surface area contributed by atoms with E-state index in [1.54, 1.807) is 7.11 Å². The van der Waals surface area contributed by atoms with E-state index in [4.69, 9.17) is 18.9 Å². The van der Waals surface area contributed by atoms with Crippen LogP contribution < -0.4 is 26.2 Å². The molecule has 0 aromatic heterocycles. The number of ketones is 2. The third-order valence-corrected chi connectivity index (χ3v) is 15.3. The zero-order chi connectivity index (χ0) is 49.8. The molecule has 15 nitrogen and oxygen atoms in total. The second-order valence-electron chi connectivity index (χ2n) is 19.5. The minimum atomic E-state index is -0.976. The van der Waals surface area contributed by atoms with Crippen molar-refractivity contribution in [2.45, 2.75) is 116 Å². The maximum Gasteiger partial charge on any atom is 0.225 e. The molecule has 15 heteroatoms. The first-order valence-corrected chi connectivity index (χ1v) is 25.1. The highest BCUT2D eigenvalue weighted by Crippen LogP contribution is 2.57. The van der Waals surface area contributed by atoms with Crippen LogP contribution >= 0.6 is 0 Å². The second-order valence-corrected chi connectivity index (χ2v) is 19.5. The van der Waals surface area contributed by atoms with Gasteiger partial charge in [0.25, 0.3) is 0 Å². The van der Waals surface area contributed by atoms with Crippen LogP contribution in [0.1, 0.15) is 118 Å². The topological polar surface area (TPSA) is 227 Å². The summed E-state index contributed by atoms with van der Waals surface area (Å²) in [6.45, 7) is 4.41. The highest BCUT2D eigenvalue weighted by molar-refractivity contribution is 6.39. The predicted octanol–water partition coefficient (Wildman–Crippen LogP) is 6.53. The van der Waals surface area contributed by atoms with Crippen molar-refractivity contribution < 1.29 is 53.8 Å². The summed E-state index contributed by atoms with van der Waals surface area (Å²) < 4.78 is 22.4. The summed E-state index contributed by atoms with van der Waals surface area (Å²) in [5, 5.41) is 53.1. The van der Waals surface area contributed by atoms with Crippen LogP contribution in [0.5, 0.6) is 11.5 Å². The Balaban J connectivity index is 1.43. The molecule has 0 bridgehead atoms. The summed E-state index contributed by atoms with van der Waals surface area (Å²) in [7, 11) is 2.98. The van der Waals surface area contributed by atoms with Crippen LogP contribution in [0.4, 0.5) is 5.69 Å². The Hall–Kier alpha value is -5.29. The van der Waals surface area contributed by atoms with E-state index >= 15 is 4.79 Å². The quantitative estimate of drug-likeness (QED) is 0.0233. The van der Waals surface area contributed by atoms with Crippen molar-refractivity contribution in [1.82, 2.24) is 5.32 Å². The fourth-order valence-electron chi connectivity index (χ4n) is 12.2. The molecule has 3 aliphatic carbocycles. The van der Waals surface area contributed by atoms with E-state index in [2.05, 4.69) is 10.6 Å². The molecule has 6 N–H and O–H groups in total. The molecule has 0 saturated heterocycles. The molecule has 5 aromatic rings. The predicted molar refractivity (Wildman–Crippen MR) is 270 cm³/mol. The number of aromatic hydroxyl groups is 1. The first kappa shape index (κ1) is 51.1. The summed E-state index contributed by atoms with van der Waals surface area (Å²) in [5.74, 6) is -2.69. The number of anilines is 1. The van der Waals surface area contributed by atoms with E-state index in [-0.39, 0.29) is 82.1 Å². The SMILES string of the molecule is COCCOCCCC(=O)C1CCCCC1Cc1c(NC2CCCCC2C(=O)NCCOCCCO)c2c(=O)cc(CO)c3c4c(CO)cc(=O)c5c(O)c(OC)c6c(c(c1C=C(C)C6C(C)=O)c23)c54. The fourth-order valence-corrected chi connectivity index (χ4v) is 12.2. The summed E-state index contributed by atoms with van der Waals surface area (Å²) in [4.78, 5) is 72.3. The molecular formula is C55H68N2O13. The minimum absolute atomic E-state index is 0.00927. The monoisotopic (exact) mass is 964 g/mol. The van der Waals surface area contributed by atoms with Crippen LogP contribution in [0.25, 0.3) is 49.2 Å². The van der Waals surface area contributed by atoms with Gasteiger partial charge in [0.05, 0.1) is 68.4 Å². The van der Waals surface area contributed by atoms with Crippen LogP contribution in [-0.4, -0.2) is 104 Å².